The second-order valence-corrected chi connectivity index (χ2v) is 0.933. The molecule has 4 N–H and O–H groups in total. The molecule has 0 radical (unpaired) electrons. The Morgan fingerprint density at radius 3 is 2.88 bits per heavy atom. The molecule has 0 saturated carbocycles. The summed E-state index contributed by atoms with van der Waals surface area (Å²) in [6.45, 7) is 0. The van der Waals surface area contributed by atoms with E-state index in [0.29, 0.717) is 0 Å². The van der Waals surface area contributed by atoms with Crippen LogP contribution in [-0.2, 0) is 0 Å². The molecule has 0 aromatic rings. The average molecular weight is 112 g/mol. The number of hydrogen-bond donors (Lipinski definition) is 3. The molecule has 4 nitrogen and oxygen atoms in total. The van der Waals surface area contributed by atoms with Crippen LogP contribution in [-0.4, -0.2) is 12.7 Å². The van der Waals surface area contributed by atoms with Crippen LogP contribution >= 0.6 is 0 Å². The van der Waals surface area contributed by atoms with Gasteiger partial charge in [0.15, 0.2) is 0 Å². The van der Waals surface area contributed by atoms with Gasteiger partial charge in [-0.25, -0.2) is 4.99 Å². The first kappa shape index (κ1) is 6.68. The molecule has 0 atom stereocenters. The van der Waals surface area contributed by atoms with Crippen LogP contribution in [0.15, 0.2) is 17.4 Å². The van der Waals surface area contributed by atoms with Gasteiger partial charge in [0, 0.05) is 12.4 Å². The first-order valence-electron chi connectivity index (χ1n) is 2.05. The lowest BCUT2D eigenvalue weighted by molar-refractivity contribution is 1.29. The normalized spacial score (nSPS) is 10.5. The summed E-state index contributed by atoms with van der Waals surface area (Å²) >= 11 is 0. The molecule has 0 aromatic carbocycles. The van der Waals surface area contributed by atoms with Gasteiger partial charge in [0.25, 0.3) is 0 Å². The van der Waals surface area contributed by atoms with Crippen molar-refractivity contribution in [2.24, 2.45) is 10.7 Å². The Balaban J connectivity index is 3.15. The van der Waals surface area contributed by atoms with Crippen molar-refractivity contribution in [3.63, 3.8) is 0 Å². The summed E-state index contributed by atoms with van der Waals surface area (Å²) in [7, 11) is 0. The molecule has 4 heteroatoms. The van der Waals surface area contributed by atoms with Gasteiger partial charge in [-0.05, 0) is 0 Å². The first-order valence-corrected chi connectivity index (χ1v) is 2.05. The molecule has 0 unspecified atom stereocenters. The zero-order valence-corrected chi connectivity index (χ0v) is 4.33. The molecule has 0 fully saturated rings. The topological polar surface area (TPSA) is 74.3 Å². The predicted octanol–water partition coefficient (Wildman–Crippen LogP) is -0.359. The molecule has 0 saturated heterocycles. The molecule has 0 aliphatic rings. The van der Waals surface area contributed by atoms with Crippen LogP contribution in [0.5, 0.6) is 0 Å². The van der Waals surface area contributed by atoms with Gasteiger partial charge in [-0.2, -0.15) is 0 Å². The van der Waals surface area contributed by atoms with Crippen LogP contribution in [0.3, 0.4) is 0 Å². The summed E-state index contributed by atoms with van der Waals surface area (Å²) in [4.78, 5) is 3.41. The van der Waals surface area contributed by atoms with Gasteiger partial charge < -0.3 is 11.1 Å². The fourth-order valence-electron chi connectivity index (χ4n) is 0.179. The first-order chi connectivity index (χ1) is 3.91. The molecule has 0 amide bonds. The summed E-state index contributed by atoms with van der Waals surface area (Å²) in [5, 5.41) is 9.01. The van der Waals surface area contributed by atoms with Gasteiger partial charge in [-0.15, -0.1) is 0 Å². The number of nitrogens with zero attached hydrogens (tertiary/aromatic N) is 1. The van der Waals surface area contributed by atoms with Crippen LogP contribution in [0.4, 0.5) is 0 Å². The predicted molar refractivity (Wildman–Crippen MR) is 33.7 cm³/mol. The molecule has 8 heavy (non-hydrogen) atoms. The van der Waals surface area contributed by atoms with Crippen molar-refractivity contribution in [3.8, 4) is 0 Å². The molecule has 0 aliphatic carbocycles. The van der Waals surface area contributed by atoms with E-state index in [1.165, 1.54) is 18.7 Å². The van der Waals surface area contributed by atoms with Gasteiger partial charge in [0.1, 0.15) is 6.34 Å². The third kappa shape index (κ3) is 4.68. The van der Waals surface area contributed by atoms with Crippen molar-refractivity contribution in [2.45, 2.75) is 0 Å². The monoisotopic (exact) mass is 112 g/mol. The molecular weight excluding hydrogens is 104 g/mol. The molecular formula is C4H8N4. The number of aliphatic imine (C=N–C) groups is 1. The highest BCUT2D eigenvalue weighted by molar-refractivity contribution is 5.69. The van der Waals surface area contributed by atoms with Gasteiger partial charge in [0.2, 0.25) is 0 Å². The Labute approximate surface area is 47.6 Å². The van der Waals surface area contributed by atoms with E-state index in [2.05, 4.69) is 10.3 Å². The highest BCUT2D eigenvalue weighted by Gasteiger charge is 1.59. The van der Waals surface area contributed by atoms with Crippen LogP contribution in [0.2, 0.25) is 0 Å². The highest BCUT2D eigenvalue weighted by Crippen LogP contribution is 1.51. The van der Waals surface area contributed by atoms with Gasteiger partial charge in [-0.3, -0.25) is 5.41 Å². The Bertz CT molecular complexity index is 105. The third-order valence-corrected chi connectivity index (χ3v) is 0.416. The van der Waals surface area contributed by atoms with Crippen molar-refractivity contribution >= 4 is 12.7 Å². The summed E-state index contributed by atoms with van der Waals surface area (Å²) < 4.78 is 0. The molecule has 0 bridgehead atoms. The van der Waals surface area contributed by atoms with Crippen LogP contribution < -0.4 is 11.1 Å². The maximum Gasteiger partial charge on any atom is 0.108 e. The average Bonchev–Trinajstić information content (AvgIpc) is 1.81. The number of nitrogens with one attached hydrogen (secondary N) is 2. The van der Waals surface area contributed by atoms with E-state index in [9.17, 15) is 0 Å². The quantitative estimate of drug-likeness (QED) is 0.344. The zero-order chi connectivity index (χ0) is 6.24. The van der Waals surface area contributed by atoms with E-state index in [1.807, 2.05) is 0 Å². The summed E-state index contributed by atoms with van der Waals surface area (Å²) in [6.07, 6.45) is 5.14. The van der Waals surface area contributed by atoms with Crippen molar-refractivity contribution < 1.29 is 0 Å². The Hall–Kier alpha value is -1.32. The van der Waals surface area contributed by atoms with Gasteiger partial charge >= 0.3 is 0 Å². The Morgan fingerprint density at radius 2 is 2.38 bits per heavy atom. The van der Waals surface area contributed by atoms with E-state index in [1.54, 1.807) is 0 Å². The van der Waals surface area contributed by atoms with E-state index >= 15 is 0 Å². The smallest absolute Gasteiger partial charge is 0.108 e. The fraction of sp³-hybridized carbons (Fsp3) is 0. The Kier molecular flexibility index (Phi) is 4.74. The highest BCUT2D eigenvalue weighted by atomic mass is 14.9. The summed E-state index contributed by atoms with van der Waals surface area (Å²) in [5.41, 5.74) is 4.95. The number of hydrogen-bond acceptors (Lipinski definition) is 2. The largest absolute Gasteiger partial charge is 0.403 e. The minimum absolute atomic E-state index is 0.928. The lowest BCUT2D eigenvalue weighted by Gasteiger charge is -1.81. The standard InChI is InChI=1S/C4H8N4/c5-1-2-7-4-8-3-6/h1-4H,5H2,(H2,6,7,8)/b2-1+. The van der Waals surface area contributed by atoms with Crippen molar-refractivity contribution in [1.82, 2.24) is 5.32 Å². The van der Waals surface area contributed by atoms with Crippen molar-refractivity contribution in [2.75, 3.05) is 0 Å². The maximum atomic E-state index is 6.42. The molecule has 44 valence electrons. The summed E-state index contributed by atoms with van der Waals surface area (Å²) in [6, 6.07) is 0. The Morgan fingerprint density at radius 1 is 1.62 bits per heavy atom. The lowest BCUT2D eigenvalue weighted by Crippen LogP contribution is -2.00. The summed E-state index contributed by atoms with van der Waals surface area (Å²) in [5.74, 6) is 0. The minimum Gasteiger partial charge on any atom is -0.403 e. The van der Waals surface area contributed by atoms with Crippen LogP contribution in [0.1, 0.15) is 0 Å². The molecule has 0 aliphatic heterocycles. The molecule has 0 rings (SSSR count). The van der Waals surface area contributed by atoms with E-state index in [4.69, 9.17) is 11.1 Å². The second-order valence-electron chi connectivity index (χ2n) is 0.933. The van der Waals surface area contributed by atoms with Gasteiger partial charge in [-0.1, -0.05) is 0 Å². The zero-order valence-electron chi connectivity index (χ0n) is 4.33. The fourth-order valence-corrected chi connectivity index (χ4v) is 0.179. The van der Waals surface area contributed by atoms with Crippen molar-refractivity contribution in [3.05, 3.63) is 12.4 Å². The van der Waals surface area contributed by atoms with E-state index < -0.39 is 0 Å². The van der Waals surface area contributed by atoms with E-state index in [0.717, 1.165) is 6.34 Å². The van der Waals surface area contributed by atoms with Crippen LogP contribution in [0.25, 0.3) is 0 Å². The second kappa shape index (κ2) is 5.68. The van der Waals surface area contributed by atoms with Crippen molar-refractivity contribution in [1.29, 1.82) is 5.41 Å². The minimum atomic E-state index is 0.928. The number of nitrogens with two attached hydrogens (primary N) is 1. The maximum absolute atomic E-state index is 6.42. The van der Waals surface area contributed by atoms with E-state index in [-0.39, 0.29) is 0 Å². The molecule has 0 heterocycles. The van der Waals surface area contributed by atoms with Crippen LogP contribution in [0, 0.1) is 5.41 Å². The number of rotatable bonds is 3. The van der Waals surface area contributed by atoms with Gasteiger partial charge in [0.05, 0.1) is 6.34 Å². The lowest BCUT2D eigenvalue weighted by atomic mass is 10.9. The molecule has 0 spiro atoms. The third-order valence-electron chi connectivity index (χ3n) is 0.416. The SMILES string of the molecule is N=CN=CN/C=C/N. The molecule has 0 aromatic heterocycles.